The van der Waals surface area contributed by atoms with Gasteiger partial charge in [-0.25, -0.2) is 0 Å². The zero-order valence-corrected chi connectivity index (χ0v) is 15.0. The van der Waals surface area contributed by atoms with E-state index < -0.39 is 15.7 Å². The molecule has 1 saturated heterocycles. The Bertz CT molecular complexity index is 692. The molecule has 7 nitrogen and oxygen atoms in total. The summed E-state index contributed by atoms with van der Waals surface area (Å²) in [5.74, 6) is 1.98. The lowest BCUT2D eigenvalue weighted by Crippen LogP contribution is -2.53. The average molecular weight is 354 g/mol. The van der Waals surface area contributed by atoms with Crippen molar-refractivity contribution in [2.75, 3.05) is 13.1 Å². The van der Waals surface area contributed by atoms with Crippen molar-refractivity contribution in [3.05, 3.63) is 11.7 Å². The van der Waals surface area contributed by atoms with Crippen LogP contribution in [0.5, 0.6) is 0 Å². The van der Waals surface area contributed by atoms with Crippen molar-refractivity contribution >= 4 is 10.2 Å². The summed E-state index contributed by atoms with van der Waals surface area (Å²) >= 11 is 0. The Kier molecular flexibility index (Phi) is 4.17. The molecule has 2 heterocycles. The van der Waals surface area contributed by atoms with Crippen LogP contribution in [0.2, 0.25) is 0 Å². The van der Waals surface area contributed by atoms with Gasteiger partial charge in [0.15, 0.2) is 5.82 Å². The minimum Gasteiger partial charge on any atom is -0.339 e. The Morgan fingerprint density at radius 3 is 2.62 bits per heavy atom. The Hall–Kier alpha value is -0.990. The molecule has 0 spiro atoms. The lowest BCUT2D eigenvalue weighted by Gasteiger charge is -2.34. The Balaban J connectivity index is 1.58. The normalized spacial score (nSPS) is 28.3. The minimum absolute atomic E-state index is 0.379. The minimum atomic E-state index is -3.54. The summed E-state index contributed by atoms with van der Waals surface area (Å²) in [7, 11) is -3.54. The maximum Gasteiger partial charge on any atom is 0.280 e. The number of nitrogens with one attached hydrogen (secondary N) is 1. The van der Waals surface area contributed by atoms with Gasteiger partial charge >= 0.3 is 0 Å². The zero-order chi connectivity index (χ0) is 16.8. The summed E-state index contributed by atoms with van der Waals surface area (Å²) in [6.45, 7) is 3.29. The zero-order valence-electron chi connectivity index (χ0n) is 14.2. The second-order valence-corrected chi connectivity index (χ2v) is 9.40. The number of piperidine rings is 1. The number of aromatic nitrogens is 2. The molecule has 0 aromatic carbocycles. The van der Waals surface area contributed by atoms with Crippen LogP contribution in [0.3, 0.4) is 0 Å². The fraction of sp³-hybridized carbons (Fsp3) is 0.875. The van der Waals surface area contributed by atoms with E-state index in [-0.39, 0.29) is 0 Å². The van der Waals surface area contributed by atoms with Crippen LogP contribution in [0.15, 0.2) is 4.52 Å². The van der Waals surface area contributed by atoms with E-state index in [1.165, 1.54) is 0 Å². The predicted octanol–water partition coefficient (Wildman–Crippen LogP) is 2.28. The molecule has 134 valence electrons. The molecule has 24 heavy (non-hydrogen) atoms. The van der Waals surface area contributed by atoms with Gasteiger partial charge in [0.2, 0.25) is 5.89 Å². The Morgan fingerprint density at radius 1 is 1.21 bits per heavy atom. The van der Waals surface area contributed by atoms with Crippen molar-refractivity contribution in [3.8, 4) is 0 Å². The summed E-state index contributed by atoms with van der Waals surface area (Å²) < 4.78 is 35.8. The molecule has 1 aliphatic heterocycles. The topological polar surface area (TPSA) is 88.3 Å². The predicted molar refractivity (Wildman–Crippen MR) is 88.4 cm³/mol. The highest BCUT2D eigenvalue weighted by Gasteiger charge is 2.45. The molecule has 1 aromatic rings. The van der Waals surface area contributed by atoms with Crippen LogP contribution in [0.1, 0.15) is 75.9 Å². The van der Waals surface area contributed by atoms with E-state index in [9.17, 15) is 8.42 Å². The summed E-state index contributed by atoms with van der Waals surface area (Å²) in [4.78, 5) is 4.55. The van der Waals surface area contributed by atoms with Gasteiger partial charge in [-0.2, -0.15) is 22.4 Å². The third kappa shape index (κ3) is 3.11. The van der Waals surface area contributed by atoms with Crippen LogP contribution in [0.25, 0.3) is 0 Å². The molecule has 0 radical (unpaired) electrons. The van der Waals surface area contributed by atoms with Gasteiger partial charge in [-0.05, 0) is 44.4 Å². The second kappa shape index (κ2) is 6.07. The van der Waals surface area contributed by atoms with Gasteiger partial charge in [0.25, 0.3) is 10.2 Å². The second-order valence-electron chi connectivity index (χ2n) is 7.73. The largest absolute Gasteiger partial charge is 0.339 e. The molecule has 2 saturated carbocycles. The third-order valence-electron chi connectivity index (χ3n) is 5.54. The molecule has 2 aliphatic carbocycles. The van der Waals surface area contributed by atoms with Gasteiger partial charge in [-0.3, -0.25) is 0 Å². The summed E-state index contributed by atoms with van der Waals surface area (Å²) in [6.07, 6.45) is 7.62. The van der Waals surface area contributed by atoms with Crippen molar-refractivity contribution in [2.45, 2.75) is 69.7 Å². The van der Waals surface area contributed by atoms with E-state index in [4.69, 9.17) is 4.52 Å². The standard InChI is InChI=1S/C16H26N4O3S/c1-12-5-4-10-20(11-12)24(21,22)19-16(8-2-3-9-16)15-17-14(23-18-15)13-6-7-13/h12-13,19H,2-11H2,1H3. The summed E-state index contributed by atoms with van der Waals surface area (Å²) in [5, 5.41) is 4.14. The molecule has 4 rings (SSSR count). The van der Waals surface area contributed by atoms with E-state index in [0.29, 0.717) is 36.6 Å². The average Bonchev–Trinajstić information content (AvgIpc) is 3.08. The Labute approximate surface area is 143 Å². The van der Waals surface area contributed by atoms with Gasteiger partial charge in [0, 0.05) is 19.0 Å². The van der Waals surface area contributed by atoms with Crippen LogP contribution in [0.4, 0.5) is 0 Å². The molecular weight excluding hydrogens is 328 g/mol. The van der Waals surface area contributed by atoms with E-state index in [1.807, 2.05) is 0 Å². The van der Waals surface area contributed by atoms with Crippen LogP contribution in [-0.2, 0) is 15.7 Å². The van der Waals surface area contributed by atoms with Crippen LogP contribution in [0, 0.1) is 5.92 Å². The van der Waals surface area contributed by atoms with E-state index in [1.54, 1.807) is 4.31 Å². The molecule has 3 fully saturated rings. The van der Waals surface area contributed by atoms with Crippen LogP contribution in [-0.4, -0.2) is 36.0 Å². The van der Waals surface area contributed by atoms with E-state index in [0.717, 1.165) is 51.4 Å². The molecule has 8 heteroatoms. The van der Waals surface area contributed by atoms with Gasteiger partial charge in [-0.1, -0.05) is 24.9 Å². The lowest BCUT2D eigenvalue weighted by atomic mass is 9.98. The monoisotopic (exact) mass is 354 g/mol. The first kappa shape index (κ1) is 16.5. The molecule has 1 aromatic heterocycles. The summed E-state index contributed by atoms with van der Waals surface area (Å²) in [5.41, 5.74) is -0.698. The van der Waals surface area contributed by atoms with Crippen molar-refractivity contribution in [1.82, 2.24) is 19.2 Å². The highest BCUT2D eigenvalue weighted by molar-refractivity contribution is 7.87. The molecule has 1 N–H and O–H groups in total. The summed E-state index contributed by atoms with van der Waals surface area (Å²) in [6, 6.07) is 0. The van der Waals surface area contributed by atoms with Crippen molar-refractivity contribution < 1.29 is 12.9 Å². The highest BCUT2D eigenvalue weighted by Crippen LogP contribution is 2.42. The fourth-order valence-corrected chi connectivity index (χ4v) is 5.69. The quantitative estimate of drug-likeness (QED) is 0.876. The lowest BCUT2D eigenvalue weighted by molar-refractivity contribution is 0.266. The van der Waals surface area contributed by atoms with Crippen molar-refractivity contribution in [3.63, 3.8) is 0 Å². The van der Waals surface area contributed by atoms with Gasteiger partial charge in [0.05, 0.1) is 5.54 Å². The Morgan fingerprint density at radius 2 is 1.96 bits per heavy atom. The highest BCUT2D eigenvalue weighted by atomic mass is 32.2. The van der Waals surface area contributed by atoms with Crippen LogP contribution < -0.4 is 4.72 Å². The van der Waals surface area contributed by atoms with Crippen molar-refractivity contribution in [1.29, 1.82) is 0 Å². The van der Waals surface area contributed by atoms with Gasteiger partial charge in [-0.15, -0.1) is 0 Å². The smallest absolute Gasteiger partial charge is 0.280 e. The van der Waals surface area contributed by atoms with E-state index >= 15 is 0 Å². The van der Waals surface area contributed by atoms with Gasteiger partial charge in [0.1, 0.15) is 0 Å². The third-order valence-corrected chi connectivity index (χ3v) is 7.20. The first-order valence-corrected chi connectivity index (χ1v) is 10.6. The molecule has 1 unspecified atom stereocenters. The molecular formula is C16H26N4O3S. The first-order chi connectivity index (χ1) is 11.5. The SMILES string of the molecule is CC1CCCN(S(=O)(=O)NC2(c3noc(C4CC4)n3)CCCC2)C1. The molecule has 1 atom stereocenters. The number of hydrogen-bond donors (Lipinski definition) is 1. The number of hydrogen-bond acceptors (Lipinski definition) is 5. The van der Waals surface area contributed by atoms with E-state index in [2.05, 4.69) is 21.8 Å². The number of nitrogens with zero attached hydrogens (tertiary/aromatic N) is 3. The molecule has 0 amide bonds. The molecule has 3 aliphatic rings. The van der Waals surface area contributed by atoms with Crippen molar-refractivity contribution in [2.24, 2.45) is 5.92 Å². The van der Waals surface area contributed by atoms with Crippen LogP contribution >= 0.6 is 0 Å². The number of rotatable bonds is 5. The fourth-order valence-electron chi connectivity index (χ4n) is 3.95. The van der Waals surface area contributed by atoms with Gasteiger partial charge < -0.3 is 4.52 Å². The maximum absolute atomic E-state index is 12.9. The maximum atomic E-state index is 12.9. The molecule has 0 bridgehead atoms. The first-order valence-electron chi connectivity index (χ1n) is 9.12.